The van der Waals surface area contributed by atoms with Gasteiger partial charge in [-0.3, -0.25) is 9.59 Å². The Balaban J connectivity index is 2.27. The van der Waals surface area contributed by atoms with E-state index in [0.717, 1.165) is 4.90 Å². The van der Waals surface area contributed by atoms with Gasteiger partial charge in [0.25, 0.3) is 10.0 Å². The van der Waals surface area contributed by atoms with Crippen LogP contribution in [0.15, 0.2) is 4.34 Å². The Labute approximate surface area is 120 Å². The number of nitrogens with zero attached hydrogens (tertiary/aromatic N) is 3. The largest absolute Gasteiger partial charge is 0.274 e. The lowest BCUT2D eigenvalue weighted by atomic mass is 9.96. The van der Waals surface area contributed by atoms with E-state index < -0.39 is 20.3 Å². The monoisotopic (exact) mass is 318 g/mol. The second kappa shape index (κ2) is 5.19. The van der Waals surface area contributed by atoms with Crippen molar-refractivity contribution >= 4 is 38.3 Å². The van der Waals surface area contributed by atoms with Crippen molar-refractivity contribution in [1.82, 2.24) is 10.2 Å². The minimum absolute atomic E-state index is 0.0460. The summed E-state index contributed by atoms with van der Waals surface area (Å²) in [5, 5.41) is 11.8. The van der Waals surface area contributed by atoms with Crippen LogP contribution >= 0.6 is 11.3 Å². The molecule has 0 radical (unpaired) electrons. The number of aromatic nitrogens is 2. The van der Waals surface area contributed by atoms with Gasteiger partial charge in [0.05, 0.1) is 0 Å². The minimum atomic E-state index is -3.98. The lowest BCUT2D eigenvalue weighted by molar-refractivity contribution is -0.122. The molecule has 0 saturated carbocycles. The third-order valence-corrected chi connectivity index (χ3v) is 5.04. The van der Waals surface area contributed by atoms with E-state index in [1.807, 2.05) is 13.8 Å². The van der Waals surface area contributed by atoms with Gasteiger partial charge in [-0.15, -0.1) is 10.2 Å². The van der Waals surface area contributed by atoms with E-state index in [9.17, 15) is 18.0 Å². The average Bonchev–Trinajstić information content (AvgIpc) is 2.84. The number of sulfonamides is 1. The lowest BCUT2D eigenvalue weighted by Gasteiger charge is -2.11. The number of primary sulfonamides is 1. The van der Waals surface area contributed by atoms with Crippen LogP contribution in [0.2, 0.25) is 0 Å². The van der Waals surface area contributed by atoms with Crippen LogP contribution in [0.25, 0.3) is 0 Å². The number of hydrogen-bond acceptors (Lipinski definition) is 7. The maximum Gasteiger partial charge on any atom is 0.267 e. The first kappa shape index (κ1) is 15.0. The molecule has 2 heterocycles. The molecule has 0 aliphatic carbocycles. The van der Waals surface area contributed by atoms with Gasteiger partial charge >= 0.3 is 0 Å². The maximum absolute atomic E-state index is 12.2. The number of rotatable bonds is 4. The molecule has 2 rings (SSSR count). The van der Waals surface area contributed by atoms with Gasteiger partial charge in [-0.05, 0) is 12.3 Å². The van der Waals surface area contributed by atoms with Crippen molar-refractivity contribution < 1.29 is 18.0 Å². The number of amides is 2. The molecule has 10 heteroatoms. The van der Waals surface area contributed by atoms with Crippen LogP contribution < -0.4 is 10.0 Å². The second-order valence-corrected chi connectivity index (χ2v) is 7.68. The molecule has 2 N–H and O–H groups in total. The fraction of sp³-hybridized carbons (Fsp3) is 0.600. The standard InChI is InChI=1S/C10H14N4O4S2/c1-5(2)3-6-4-7(15)14(8(6)16)9-12-13-10(19-9)20(11,17)18/h5-6H,3-4H2,1-2H3,(H2,11,17,18). The average molecular weight is 318 g/mol. The minimum Gasteiger partial charge on any atom is -0.274 e. The molecule has 2 amide bonds. The van der Waals surface area contributed by atoms with Gasteiger partial charge in [-0.2, -0.15) is 0 Å². The summed E-state index contributed by atoms with van der Waals surface area (Å²) < 4.78 is 21.8. The van der Waals surface area contributed by atoms with Gasteiger partial charge in [-0.1, -0.05) is 25.2 Å². The van der Waals surface area contributed by atoms with Crippen molar-refractivity contribution in [1.29, 1.82) is 0 Å². The molecule has 1 fully saturated rings. The highest BCUT2D eigenvalue weighted by Gasteiger charge is 2.41. The molecule has 8 nitrogen and oxygen atoms in total. The quantitative estimate of drug-likeness (QED) is 0.621. The Bertz CT molecular complexity index is 652. The van der Waals surface area contributed by atoms with Gasteiger partial charge in [0.1, 0.15) is 0 Å². The summed E-state index contributed by atoms with van der Waals surface area (Å²) in [5.74, 6) is -0.853. The second-order valence-electron chi connectivity index (χ2n) is 4.99. The number of carbonyl (C=O) groups excluding carboxylic acids is 2. The summed E-state index contributed by atoms with van der Waals surface area (Å²) in [7, 11) is -3.98. The van der Waals surface area contributed by atoms with Crippen LogP contribution in [0.1, 0.15) is 26.7 Å². The van der Waals surface area contributed by atoms with E-state index in [-0.39, 0.29) is 29.3 Å². The lowest BCUT2D eigenvalue weighted by Crippen LogP contribution is -2.30. The zero-order valence-corrected chi connectivity index (χ0v) is 12.6. The molecule has 0 bridgehead atoms. The van der Waals surface area contributed by atoms with Crippen molar-refractivity contribution in [3.8, 4) is 0 Å². The van der Waals surface area contributed by atoms with Crippen molar-refractivity contribution in [2.75, 3.05) is 4.90 Å². The zero-order chi connectivity index (χ0) is 15.1. The highest BCUT2D eigenvalue weighted by atomic mass is 32.2. The molecule has 1 aromatic heterocycles. The predicted octanol–water partition coefficient (Wildman–Crippen LogP) is 0.111. The molecule has 110 valence electrons. The number of anilines is 1. The number of nitrogens with two attached hydrogens (primary N) is 1. The van der Waals surface area contributed by atoms with Crippen LogP contribution in [-0.4, -0.2) is 30.4 Å². The van der Waals surface area contributed by atoms with Gasteiger partial charge in [0, 0.05) is 12.3 Å². The summed E-state index contributed by atoms with van der Waals surface area (Å²) in [6.07, 6.45) is 0.712. The van der Waals surface area contributed by atoms with Gasteiger partial charge in [0.2, 0.25) is 21.3 Å². The summed E-state index contributed by atoms with van der Waals surface area (Å²) in [6, 6.07) is 0. The molecule has 0 aromatic carbocycles. The Hall–Kier alpha value is -1.39. The Morgan fingerprint density at radius 1 is 1.40 bits per heavy atom. The highest BCUT2D eigenvalue weighted by molar-refractivity contribution is 7.91. The van der Waals surface area contributed by atoms with E-state index in [1.54, 1.807) is 0 Å². The first-order valence-corrected chi connectivity index (χ1v) is 8.29. The number of hydrogen-bond donors (Lipinski definition) is 1. The Morgan fingerprint density at radius 3 is 2.55 bits per heavy atom. The van der Waals surface area contributed by atoms with E-state index in [0.29, 0.717) is 17.8 Å². The number of carbonyl (C=O) groups is 2. The SMILES string of the molecule is CC(C)CC1CC(=O)N(c2nnc(S(N)(=O)=O)s2)C1=O. The smallest absolute Gasteiger partial charge is 0.267 e. The third-order valence-electron chi connectivity index (χ3n) is 2.83. The van der Waals surface area contributed by atoms with Crippen molar-refractivity contribution in [2.24, 2.45) is 17.0 Å². The van der Waals surface area contributed by atoms with Crippen LogP contribution in [0.4, 0.5) is 5.13 Å². The molecule has 0 spiro atoms. The summed E-state index contributed by atoms with van der Waals surface area (Å²) >= 11 is 0.615. The molecule has 1 saturated heterocycles. The Kier molecular flexibility index (Phi) is 3.89. The van der Waals surface area contributed by atoms with Gasteiger partial charge in [-0.25, -0.2) is 18.5 Å². The van der Waals surface area contributed by atoms with Crippen molar-refractivity contribution in [2.45, 2.75) is 31.0 Å². The molecule has 1 aromatic rings. The summed E-state index contributed by atoms with van der Waals surface area (Å²) in [6.45, 7) is 3.93. The van der Waals surface area contributed by atoms with Crippen molar-refractivity contribution in [3.05, 3.63) is 0 Å². The zero-order valence-electron chi connectivity index (χ0n) is 10.9. The molecular formula is C10H14N4O4S2. The first-order valence-electron chi connectivity index (χ1n) is 5.93. The summed E-state index contributed by atoms with van der Waals surface area (Å²) in [4.78, 5) is 25.0. The van der Waals surface area contributed by atoms with Crippen LogP contribution in [0.5, 0.6) is 0 Å². The predicted molar refractivity (Wildman–Crippen MR) is 71.3 cm³/mol. The fourth-order valence-electron chi connectivity index (χ4n) is 2.06. The molecular weight excluding hydrogens is 304 g/mol. The van der Waals surface area contributed by atoms with E-state index >= 15 is 0 Å². The van der Waals surface area contributed by atoms with Gasteiger partial charge < -0.3 is 0 Å². The van der Waals surface area contributed by atoms with Crippen LogP contribution in [0, 0.1) is 11.8 Å². The van der Waals surface area contributed by atoms with Crippen LogP contribution in [-0.2, 0) is 19.6 Å². The molecule has 20 heavy (non-hydrogen) atoms. The van der Waals surface area contributed by atoms with E-state index in [1.165, 1.54) is 0 Å². The maximum atomic E-state index is 12.2. The summed E-state index contributed by atoms with van der Waals surface area (Å²) in [5.41, 5.74) is 0. The van der Waals surface area contributed by atoms with Gasteiger partial charge in [0.15, 0.2) is 0 Å². The normalized spacial score (nSPS) is 20.2. The fourth-order valence-corrected chi connectivity index (χ4v) is 3.50. The molecule has 1 atom stereocenters. The topological polar surface area (TPSA) is 123 Å². The third kappa shape index (κ3) is 2.86. The Morgan fingerprint density at radius 2 is 2.05 bits per heavy atom. The highest BCUT2D eigenvalue weighted by Crippen LogP contribution is 2.32. The van der Waals surface area contributed by atoms with E-state index in [2.05, 4.69) is 10.2 Å². The number of imide groups is 1. The van der Waals surface area contributed by atoms with E-state index in [4.69, 9.17) is 5.14 Å². The van der Waals surface area contributed by atoms with Crippen molar-refractivity contribution in [3.63, 3.8) is 0 Å². The molecule has 1 aliphatic rings. The first-order chi connectivity index (χ1) is 9.20. The van der Waals surface area contributed by atoms with Crippen LogP contribution in [0.3, 0.4) is 0 Å². The molecule has 1 unspecified atom stereocenters. The molecule has 1 aliphatic heterocycles.